The maximum atomic E-state index is 12.2. The number of hydrogen-bond acceptors (Lipinski definition) is 6. The van der Waals surface area contributed by atoms with Gasteiger partial charge in [-0.05, 0) is 24.3 Å². The van der Waals surface area contributed by atoms with E-state index in [-0.39, 0.29) is 28.4 Å². The second-order valence-electron chi connectivity index (χ2n) is 6.15. The van der Waals surface area contributed by atoms with Crippen molar-refractivity contribution in [2.45, 2.75) is 0 Å². The van der Waals surface area contributed by atoms with Crippen LogP contribution >= 0.6 is 11.6 Å². The summed E-state index contributed by atoms with van der Waals surface area (Å²) in [6.07, 6.45) is 0. The van der Waals surface area contributed by atoms with Crippen molar-refractivity contribution in [1.29, 1.82) is 5.26 Å². The topological polar surface area (TPSA) is 135 Å². The van der Waals surface area contributed by atoms with Crippen molar-refractivity contribution in [1.82, 2.24) is 14.6 Å². The third-order valence-corrected chi connectivity index (χ3v) is 4.56. The number of nitrogens with zero attached hydrogens (tertiary/aromatic N) is 4. The van der Waals surface area contributed by atoms with E-state index in [9.17, 15) is 10.1 Å². The minimum absolute atomic E-state index is 0.0473. The number of carbonyl (C=O) groups is 1. The van der Waals surface area contributed by atoms with Crippen LogP contribution in [0.1, 0.15) is 15.9 Å². The Kier molecular flexibility index (Phi) is 4.50. The summed E-state index contributed by atoms with van der Waals surface area (Å²) < 4.78 is 1.24. The molecule has 2 heterocycles. The van der Waals surface area contributed by atoms with Crippen LogP contribution in [0.3, 0.4) is 0 Å². The Balaban J connectivity index is 1.98. The molecule has 4 aromatic rings. The van der Waals surface area contributed by atoms with E-state index in [1.165, 1.54) is 4.52 Å². The minimum Gasteiger partial charge on any atom is -0.382 e. The Morgan fingerprint density at radius 2 is 1.83 bits per heavy atom. The van der Waals surface area contributed by atoms with Crippen LogP contribution in [0.2, 0.25) is 5.02 Å². The molecule has 0 bridgehead atoms. The quantitative estimate of drug-likeness (QED) is 0.478. The number of aromatic nitrogens is 3. The number of rotatable bonds is 4. The van der Waals surface area contributed by atoms with Crippen molar-refractivity contribution in [2.75, 3.05) is 11.1 Å². The maximum absolute atomic E-state index is 12.2. The molecule has 9 heteroatoms. The zero-order valence-corrected chi connectivity index (χ0v) is 15.7. The SMILES string of the molecule is N#Cc1c(-c2ccc(Cl)cc2)nc2c(C(N)=O)c(Nc3ccccc3)nn2c1N. The first-order valence-corrected chi connectivity index (χ1v) is 8.87. The summed E-state index contributed by atoms with van der Waals surface area (Å²) in [5, 5.41) is 17.6. The van der Waals surface area contributed by atoms with Crippen LogP contribution in [-0.2, 0) is 0 Å². The Hall–Kier alpha value is -4.09. The molecule has 0 saturated carbocycles. The molecule has 0 atom stereocenters. The molecule has 0 aliphatic carbocycles. The van der Waals surface area contributed by atoms with E-state index in [4.69, 9.17) is 23.1 Å². The molecule has 0 aliphatic heterocycles. The molecular formula is C20H14ClN7O. The van der Waals surface area contributed by atoms with Crippen LogP contribution in [-0.4, -0.2) is 20.5 Å². The number of benzene rings is 2. The molecule has 0 spiro atoms. The third kappa shape index (κ3) is 3.20. The van der Waals surface area contributed by atoms with Gasteiger partial charge in [-0.25, -0.2) is 4.98 Å². The van der Waals surface area contributed by atoms with Crippen LogP contribution in [0, 0.1) is 11.3 Å². The lowest BCUT2D eigenvalue weighted by atomic mass is 10.1. The van der Waals surface area contributed by atoms with Gasteiger partial charge in [-0.1, -0.05) is 41.9 Å². The van der Waals surface area contributed by atoms with Gasteiger partial charge in [0.25, 0.3) is 5.91 Å². The summed E-state index contributed by atoms with van der Waals surface area (Å²) in [7, 11) is 0. The predicted octanol–water partition coefficient (Wildman–Crippen LogP) is 3.35. The molecule has 5 N–H and O–H groups in total. The number of fused-ring (bicyclic) bond motifs is 1. The standard InChI is InChI=1S/C20H14ClN7O/c21-12-8-6-11(7-9-12)16-14(10-22)17(23)28-20(26-16)15(18(24)29)19(27-28)25-13-4-2-1-3-5-13/h1-9H,23H2,(H2,24,29)(H,25,27). The molecule has 2 aromatic heterocycles. The van der Waals surface area contributed by atoms with Crippen molar-refractivity contribution in [3.8, 4) is 17.3 Å². The molecule has 0 unspecified atom stereocenters. The van der Waals surface area contributed by atoms with Gasteiger partial charge in [-0.15, -0.1) is 5.10 Å². The predicted molar refractivity (Wildman–Crippen MR) is 111 cm³/mol. The average molecular weight is 404 g/mol. The van der Waals surface area contributed by atoms with Gasteiger partial charge < -0.3 is 16.8 Å². The lowest BCUT2D eigenvalue weighted by Crippen LogP contribution is -2.13. The molecule has 0 radical (unpaired) electrons. The van der Waals surface area contributed by atoms with E-state index in [0.29, 0.717) is 22.0 Å². The number of nitriles is 1. The zero-order chi connectivity index (χ0) is 20.5. The molecule has 142 valence electrons. The van der Waals surface area contributed by atoms with E-state index in [1.807, 2.05) is 30.3 Å². The number of carbonyl (C=O) groups excluding carboxylic acids is 1. The zero-order valence-electron chi connectivity index (χ0n) is 14.9. The summed E-state index contributed by atoms with van der Waals surface area (Å²) in [6, 6.07) is 18.0. The molecule has 4 rings (SSSR count). The van der Waals surface area contributed by atoms with Gasteiger partial charge in [-0.2, -0.15) is 9.78 Å². The minimum atomic E-state index is -0.725. The Labute approximate surface area is 170 Å². The molecular weight excluding hydrogens is 390 g/mol. The van der Waals surface area contributed by atoms with Gasteiger partial charge >= 0.3 is 0 Å². The lowest BCUT2D eigenvalue weighted by molar-refractivity contribution is 0.100. The molecule has 0 aliphatic rings. The van der Waals surface area contributed by atoms with Gasteiger partial charge in [-0.3, -0.25) is 4.79 Å². The molecule has 2 aromatic carbocycles. The summed E-state index contributed by atoms with van der Waals surface area (Å²) in [6.45, 7) is 0. The number of hydrogen-bond donors (Lipinski definition) is 3. The normalized spacial score (nSPS) is 10.6. The maximum Gasteiger partial charge on any atom is 0.256 e. The highest BCUT2D eigenvalue weighted by Crippen LogP contribution is 2.31. The van der Waals surface area contributed by atoms with E-state index in [1.54, 1.807) is 24.3 Å². The first kappa shape index (κ1) is 18.3. The molecule has 1 amide bonds. The van der Waals surface area contributed by atoms with Crippen molar-refractivity contribution < 1.29 is 4.79 Å². The smallest absolute Gasteiger partial charge is 0.256 e. The summed E-state index contributed by atoms with van der Waals surface area (Å²) >= 11 is 5.95. The number of nitrogens with one attached hydrogen (secondary N) is 1. The first-order chi connectivity index (χ1) is 14.0. The Bertz CT molecular complexity index is 1270. The number of halogens is 1. The monoisotopic (exact) mass is 403 g/mol. The Morgan fingerprint density at radius 3 is 2.45 bits per heavy atom. The second kappa shape index (κ2) is 7.14. The fourth-order valence-electron chi connectivity index (χ4n) is 2.97. The van der Waals surface area contributed by atoms with Crippen LogP contribution < -0.4 is 16.8 Å². The highest BCUT2D eigenvalue weighted by Gasteiger charge is 2.24. The second-order valence-corrected chi connectivity index (χ2v) is 6.59. The average Bonchev–Trinajstić information content (AvgIpc) is 3.08. The van der Waals surface area contributed by atoms with Gasteiger partial charge in [0.1, 0.15) is 23.0 Å². The van der Waals surface area contributed by atoms with Gasteiger partial charge in [0.05, 0.1) is 5.69 Å². The molecule has 29 heavy (non-hydrogen) atoms. The van der Waals surface area contributed by atoms with Crippen LogP contribution in [0.25, 0.3) is 16.9 Å². The number of nitrogens with two attached hydrogens (primary N) is 2. The van der Waals surface area contributed by atoms with Crippen LogP contribution in [0.5, 0.6) is 0 Å². The highest BCUT2D eigenvalue weighted by molar-refractivity contribution is 6.30. The van der Waals surface area contributed by atoms with E-state index < -0.39 is 5.91 Å². The van der Waals surface area contributed by atoms with Crippen LogP contribution in [0.4, 0.5) is 17.3 Å². The summed E-state index contributed by atoms with van der Waals surface area (Å²) in [5.74, 6) is -0.483. The van der Waals surface area contributed by atoms with E-state index in [0.717, 1.165) is 0 Å². The van der Waals surface area contributed by atoms with Crippen molar-refractivity contribution in [3.05, 3.63) is 70.7 Å². The van der Waals surface area contributed by atoms with Crippen molar-refractivity contribution in [3.63, 3.8) is 0 Å². The van der Waals surface area contributed by atoms with E-state index >= 15 is 0 Å². The molecule has 0 saturated heterocycles. The fourth-order valence-corrected chi connectivity index (χ4v) is 3.09. The number of nitrogen functional groups attached to an aromatic ring is 1. The van der Waals surface area contributed by atoms with Crippen molar-refractivity contribution in [2.24, 2.45) is 5.73 Å². The summed E-state index contributed by atoms with van der Waals surface area (Å²) in [4.78, 5) is 16.7. The first-order valence-electron chi connectivity index (χ1n) is 8.49. The number of primary amides is 1. The van der Waals surface area contributed by atoms with Gasteiger partial charge in [0.15, 0.2) is 11.5 Å². The Morgan fingerprint density at radius 1 is 1.14 bits per heavy atom. The number of para-hydroxylation sites is 1. The number of amides is 1. The lowest BCUT2D eigenvalue weighted by Gasteiger charge is -2.08. The van der Waals surface area contributed by atoms with Crippen LogP contribution in [0.15, 0.2) is 54.6 Å². The fraction of sp³-hybridized carbons (Fsp3) is 0. The largest absolute Gasteiger partial charge is 0.382 e. The number of anilines is 3. The van der Waals surface area contributed by atoms with Gasteiger partial charge in [0.2, 0.25) is 0 Å². The highest BCUT2D eigenvalue weighted by atomic mass is 35.5. The summed E-state index contributed by atoms with van der Waals surface area (Å²) in [5.41, 5.74) is 13.8. The molecule has 8 nitrogen and oxygen atoms in total. The van der Waals surface area contributed by atoms with Crippen molar-refractivity contribution >= 4 is 40.5 Å². The molecule has 0 fully saturated rings. The van der Waals surface area contributed by atoms with E-state index in [2.05, 4.69) is 21.5 Å². The third-order valence-electron chi connectivity index (χ3n) is 4.31. The van der Waals surface area contributed by atoms with Gasteiger partial charge in [0, 0.05) is 16.3 Å².